The van der Waals surface area contributed by atoms with Crippen LogP contribution in [0.2, 0.25) is 0 Å². The van der Waals surface area contributed by atoms with Crippen LogP contribution in [0.3, 0.4) is 0 Å². The number of anilines is 3. The molecule has 0 heterocycles. The van der Waals surface area contributed by atoms with E-state index >= 15 is 0 Å². The first kappa shape index (κ1) is 39.1. The van der Waals surface area contributed by atoms with Gasteiger partial charge in [-0.3, -0.25) is 0 Å². The van der Waals surface area contributed by atoms with Gasteiger partial charge in [-0.25, -0.2) is 0 Å². The first-order valence-corrected chi connectivity index (χ1v) is 22.8. The molecule has 0 aromatic heterocycles. The predicted molar refractivity (Wildman–Crippen MR) is 278 cm³/mol. The maximum absolute atomic E-state index is 2.39. The monoisotopic (exact) mass is 839 g/mol. The number of rotatable bonds is 9. The van der Waals surface area contributed by atoms with Crippen LogP contribution in [-0.4, -0.2) is 0 Å². The van der Waals surface area contributed by atoms with Crippen molar-refractivity contribution in [3.05, 3.63) is 295 Å². The molecule has 0 aliphatic heterocycles. The lowest BCUT2D eigenvalue weighted by Gasteiger charge is -2.34. The van der Waals surface area contributed by atoms with Gasteiger partial charge in [0.1, 0.15) is 0 Å². The van der Waals surface area contributed by atoms with E-state index in [1.807, 2.05) is 0 Å². The first-order chi connectivity index (χ1) is 32.7. The average molecular weight is 840 g/mol. The van der Waals surface area contributed by atoms with E-state index in [-0.39, 0.29) is 0 Å². The lowest BCUT2D eigenvalue weighted by atomic mass is 9.67. The van der Waals surface area contributed by atoms with Crippen molar-refractivity contribution in [3.8, 4) is 55.6 Å². The SMILES string of the molecule is c1ccc(-c2ccc(-c3cccc(N(c4ccc(-c5ccc6ccccc6c5)cc4)c4ccc(-c5cccc6c5-c5ccccc5C6(c5ccccc5)c5ccccc5)cc4)c3)cc2)cc1. The first-order valence-electron chi connectivity index (χ1n) is 22.8. The second-order valence-corrected chi connectivity index (χ2v) is 17.2. The topological polar surface area (TPSA) is 3.24 Å². The summed E-state index contributed by atoms with van der Waals surface area (Å²) in [6, 6.07) is 99.9. The fourth-order valence-electron chi connectivity index (χ4n) is 10.5. The highest BCUT2D eigenvalue weighted by atomic mass is 15.1. The largest absolute Gasteiger partial charge is 0.310 e. The maximum atomic E-state index is 2.39. The minimum absolute atomic E-state index is 0.451. The molecular weight excluding hydrogens is 795 g/mol. The Hall–Kier alpha value is -8.52. The van der Waals surface area contributed by atoms with Gasteiger partial charge < -0.3 is 4.90 Å². The summed E-state index contributed by atoms with van der Waals surface area (Å²) in [5.74, 6) is 0. The van der Waals surface area contributed by atoms with Gasteiger partial charge in [-0.15, -0.1) is 0 Å². The third kappa shape index (κ3) is 6.73. The van der Waals surface area contributed by atoms with E-state index in [4.69, 9.17) is 0 Å². The normalized spacial score (nSPS) is 12.4. The van der Waals surface area contributed by atoms with Gasteiger partial charge in [-0.1, -0.05) is 231 Å². The molecule has 1 nitrogen and oxygen atoms in total. The summed E-state index contributed by atoms with van der Waals surface area (Å²) in [6.45, 7) is 0. The molecule has 0 saturated carbocycles. The molecule has 12 rings (SSSR count). The van der Waals surface area contributed by atoms with Gasteiger partial charge in [0.05, 0.1) is 5.41 Å². The Kier molecular flexibility index (Phi) is 9.81. The number of hydrogen-bond donors (Lipinski definition) is 0. The van der Waals surface area contributed by atoms with Crippen LogP contribution >= 0.6 is 0 Å². The Balaban J connectivity index is 0.964. The van der Waals surface area contributed by atoms with Crippen molar-refractivity contribution < 1.29 is 0 Å². The van der Waals surface area contributed by atoms with Crippen molar-refractivity contribution in [3.63, 3.8) is 0 Å². The smallest absolute Gasteiger partial charge is 0.0713 e. The minimum Gasteiger partial charge on any atom is -0.310 e. The minimum atomic E-state index is -0.451. The fourth-order valence-corrected chi connectivity index (χ4v) is 10.5. The zero-order valence-corrected chi connectivity index (χ0v) is 36.4. The van der Waals surface area contributed by atoms with Crippen molar-refractivity contribution in [1.29, 1.82) is 0 Å². The molecule has 1 aliphatic rings. The van der Waals surface area contributed by atoms with E-state index in [1.165, 1.54) is 88.7 Å². The Bertz CT molecular complexity index is 3440. The van der Waals surface area contributed by atoms with Crippen LogP contribution in [-0.2, 0) is 5.41 Å². The third-order valence-electron chi connectivity index (χ3n) is 13.6. The summed E-state index contributed by atoms with van der Waals surface area (Å²) >= 11 is 0. The second-order valence-electron chi connectivity index (χ2n) is 17.2. The van der Waals surface area contributed by atoms with Gasteiger partial charge >= 0.3 is 0 Å². The lowest BCUT2D eigenvalue weighted by molar-refractivity contribution is 0.768. The summed E-state index contributed by atoms with van der Waals surface area (Å²) in [6.07, 6.45) is 0. The van der Waals surface area contributed by atoms with E-state index in [0.29, 0.717) is 0 Å². The van der Waals surface area contributed by atoms with Crippen LogP contribution in [0.1, 0.15) is 22.3 Å². The number of nitrogens with zero attached hydrogens (tertiary/aromatic N) is 1. The molecule has 1 heteroatoms. The summed E-state index contributed by atoms with van der Waals surface area (Å²) < 4.78 is 0. The van der Waals surface area contributed by atoms with Crippen LogP contribution in [0.5, 0.6) is 0 Å². The predicted octanol–water partition coefficient (Wildman–Crippen LogP) is 17.3. The highest BCUT2D eigenvalue weighted by Gasteiger charge is 2.46. The molecule has 0 bridgehead atoms. The van der Waals surface area contributed by atoms with Gasteiger partial charge in [0, 0.05) is 17.1 Å². The molecule has 66 heavy (non-hydrogen) atoms. The van der Waals surface area contributed by atoms with Gasteiger partial charge in [0.15, 0.2) is 0 Å². The molecule has 310 valence electrons. The quantitative estimate of drug-likeness (QED) is 0.140. The number of fused-ring (bicyclic) bond motifs is 4. The highest BCUT2D eigenvalue weighted by Crippen LogP contribution is 2.58. The van der Waals surface area contributed by atoms with Crippen molar-refractivity contribution in [2.75, 3.05) is 4.90 Å². The number of benzene rings is 11. The molecule has 11 aromatic carbocycles. The Morgan fingerprint density at radius 1 is 0.242 bits per heavy atom. The van der Waals surface area contributed by atoms with Crippen molar-refractivity contribution in [2.45, 2.75) is 5.41 Å². The van der Waals surface area contributed by atoms with Gasteiger partial charge in [-0.2, -0.15) is 0 Å². The van der Waals surface area contributed by atoms with Gasteiger partial charge in [-0.05, 0) is 131 Å². The molecular formula is C65H45N. The van der Waals surface area contributed by atoms with Gasteiger partial charge in [0.2, 0.25) is 0 Å². The molecule has 0 saturated heterocycles. The number of hydrogen-bond acceptors (Lipinski definition) is 1. The van der Waals surface area contributed by atoms with E-state index < -0.39 is 5.41 Å². The molecule has 0 atom stereocenters. The molecule has 0 amide bonds. The zero-order valence-electron chi connectivity index (χ0n) is 36.4. The molecule has 1 aliphatic carbocycles. The molecule has 0 spiro atoms. The molecule has 11 aromatic rings. The second kappa shape index (κ2) is 16.6. The average Bonchev–Trinajstić information content (AvgIpc) is 3.71. The highest BCUT2D eigenvalue weighted by molar-refractivity contribution is 5.96. The van der Waals surface area contributed by atoms with E-state index in [2.05, 4.69) is 278 Å². The molecule has 0 unspecified atom stereocenters. The maximum Gasteiger partial charge on any atom is 0.0713 e. The summed E-state index contributed by atoms with van der Waals surface area (Å²) in [7, 11) is 0. The van der Waals surface area contributed by atoms with Crippen molar-refractivity contribution in [2.24, 2.45) is 0 Å². The van der Waals surface area contributed by atoms with Crippen LogP contribution in [0.15, 0.2) is 273 Å². The van der Waals surface area contributed by atoms with Crippen LogP contribution < -0.4 is 4.90 Å². The summed E-state index contributed by atoms with van der Waals surface area (Å²) in [5.41, 5.74) is 20.1. The lowest BCUT2D eigenvalue weighted by Crippen LogP contribution is -2.28. The summed E-state index contributed by atoms with van der Waals surface area (Å²) in [5, 5.41) is 2.49. The van der Waals surface area contributed by atoms with E-state index in [1.54, 1.807) is 0 Å². The van der Waals surface area contributed by atoms with Crippen molar-refractivity contribution >= 4 is 27.8 Å². The van der Waals surface area contributed by atoms with E-state index in [9.17, 15) is 0 Å². The van der Waals surface area contributed by atoms with Crippen LogP contribution in [0.25, 0.3) is 66.4 Å². The van der Waals surface area contributed by atoms with E-state index in [0.717, 1.165) is 17.1 Å². The van der Waals surface area contributed by atoms with Crippen molar-refractivity contribution in [1.82, 2.24) is 0 Å². The Labute approximate surface area is 387 Å². The fraction of sp³-hybridized carbons (Fsp3) is 0.0154. The summed E-state index contributed by atoms with van der Waals surface area (Å²) in [4.78, 5) is 2.39. The van der Waals surface area contributed by atoms with Gasteiger partial charge in [0.25, 0.3) is 0 Å². The standard InChI is InChI=1S/C65H45N/c1-4-16-46(17-5-1)48-30-32-49(33-31-48)53-20-14-25-59(45-53)66(57-40-36-50(37-41-57)54-35-34-47-18-10-11-19-52(47)44-54)58-42-38-51(39-43-58)60-27-15-29-63-64(60)61-26-12-13-28-62(61)65(63,55-21-6-2-7-22-55)56-23-8-3-9-24-56/h1-45H. The van der Waals surface area contributed by atoms with Crippen LogP contribution in [0, 0.1) is 0 Å². The molecule has 0 N–H and O–H groups in total. The van der Waals surface area contributed by atoms with Crippen LogP contribution in [0.4, 0.5) is 17.1 Å². The molecule has 0 fully saturated rings. The third-order valence-corrected chi connectivity index (χ3v) is 13.6. The zero-order chi connectivity index (χ0) is 43.9. The Morgan fingerprint density at radius 3 is 1.35 bits per heavy atom. The molecule has 0 radical (unpaired) electrons. The Morgan fingerprint density at radius 2 is 0.682 bits per heavy atom.